The highest BCUT2D eigenvalue weighted by Crippen LogP contribution is 2.19. The molecule has 0 saturated carbocycles. The number of halogens is 1. The SMILES string of the molecule is Cc1cccc(C)c1CN[C@@H](C)c1cccc(Cl)c1. The standard InChI is InChI=1S/C17H20ClN/c1-12-6-4-7-13(2)17(12)11-19-14(3)15-8-5-9-16(18)10-15/h4-10,14,19H,11H2,1-3H3/t14-/m0/s1. The quantitative estimate of drug-likeness (QED) is 0.843. The van der Waals surface area contributed by atoms with Gasteiger partial charge in [0.15, 0.2) is 0 Å². The van der Waals surface area contributed by atoms with Crippen LogP contribution < -0.4 is 5.32 Å². The van der Waals surface area contributed by atoms with Crippen molar-refractivity contribution in [3.63, 3.8) is 0 Å². The normalized spacial score (nSPS) is 12.4. The molecule has 1 nitrogen and oxygen atoms in total. The highest BCUT2D eigenvalue weighted by Gasteiger charge is 2.07. The van der Waals surface area contributed by atoms with E-state index < -0.39 is 0 Å². The average molecular weight is 274 g/mol. The Morgan fingerprint density at radius 1 is 1.05 bits per heavy atom. The molecule has 1 N–H and O–H groups in total. The number of hydrogen-bond donors (Lipinski definition) is 1. The summed E-state index contributed by atoms with van der Waals surface area (Å²) in [7, 11) is 0. The summed E-state index contributed by atoms with van der Waals surface area (Å²) in [6, 6.07) is 14.7. The molecule has 0 aliphatic carbocycles. The number of aryl methyl sites for hydroxylation is 2. The van der Waals surface area contributed by atoms with Gasteiger partial charge in [-0.25, -0.2) is 0 Å². The Labute approximate surface area is 120 Å². The first-order valence-electron chi connectivity index (χ1n) is 6.62. The molecule has 0 aliphatic heterocycles. The minimum absolute atomic E-state index is 0.290. The maximum absolute atomic E-state index is 6.03. The van der Waals surface area contributed by atoms with Crippen LogP contribution in [0.25, 0.3) is 0 Å². The molecular formula is C17H20ClN. The van der Waals surface area contributed by atoms with Crippen molar-refractivity contribution in [2.45, 2.75) is 33.4 Å². The minimum Gasteiger partial charge on any atom is -0.306 e. The fourth-order valence-corrected chi connectivity index (χ4v) is 2.48. The molecule has 0 spiro atoms. The third-order valence-corrected chi connectivity index (χ3v) is 3.81. The molecule has 0 aliphatic rings. The van der Waals surface area contributed by atoms with Crippen molar-refractivity contribution in [2.75, 3.05) is 0 Å². The molecule has 0 bridgehead atoms. The molecule has 19 heavy (non-hydrogen) atoms. The van der Waals surface area contributed by atoms with E-state index in [0.717, 1.165) is 11.6 Å². The Hall–Kier alpha value is -1.31. The second-order valence-corrected chi connectivity index (χ2v) is 5.46. The molecule has 2 rings (SSSR count). The molecule has 0 unspecified atom stereocenters. The molecule has 100 valence electrons. The van der Waals surface area contributed by atoms with Crippen molar-refractivity contribution in [1.29, 1.82) is 0 Å². The van der Waals surface area contributed by atoms with E-state index in [9.17, 15) is 0 Å². The van der Waals surface area contributed by atoms with E-state index in [1.807, 2.05) is 18.2 Å². The molecule has 0 amide bonds. The van der Waals surface area contributed by atoms with Gasteiger partial charge in [0.05, 0.1) is 0 Å². The Bertz CT molecular complexity index is 543. The van der Waals surface area contributed by atoms with E-state index in [2.05, 4.69) is 50.4 Å². The minimum atomic E-state index is 0.290. The van der Waals surface area contributed by atoms with Gasteiger partial charge in [-0.15, -0.1) is 0 Å². The van der Waals surface area contributed by atoms with E-state index in [4.69, 9.17) is 11.6 Å². The summed E-state index contributed by atoms with van der Waals surface area (Å²) in [5.74, 6) is 0. The zero-order valence-electron chi connectivity index (χ0n) is 11.7. The molecular weight excluding hydrogens is 254 g/mol. The zero-order valence-corrected chi connectivity index (χ0v) is 12.5. The van der Waals surface area contributed by atoms with Crippen molar-refractivity contribution in [3.8, 4) is 0 Å². The highest BCUT2D eigenvalue weighted by molar-refractivity contribution is 6.30. The summed E-state index contributed by atoms with van der Waals surface area (Å²) in [5.41, 5.74) is 5.28. The molecule has 0 radical (unpaired) electrons. The second kappa shape index (κ2) is 6.23. The molecule has 2 aromatic carbocycles. The Morgan fingerprint density at radius 2 is 1.68 bits per heavy atom. The van der Waals surface area contributed by atoms with Crippen molar-refractivity contribution < 1.29 is 0 Å². The van der Waals surface area contributed by atoms with Gasteiger partial charge in [0.25, 0.3) is 0 Å². The van der Waals surface area contributed by atoms with Gasteiger partial charge in [-0.1, -0.05) is 41.9 Å². The lowest BCUT2D eigenvalue weighted by molar-refractivity contribution is 0.572. The van der Waals surface area contributed by atoms with Crippen molar-refractivity contribution >= 4 is 11.6 Å². The number of nitrogens with one attached hydrogen (secondary N) is 1. The van der Waals surface area contributed by atoms with Crippen LogP contribution in [0, 0.1) is 13.8 Å². The maximum Gasteiger partial charge on any atom is 0.0409 e. The Balaban J connectivity index is 2.06. The molecule has 1 atom stereocenters. The molecule has 2 heteroatoms. The van der Waals surface area contributed by atoms with E-state index in [1.165, 1.54) is 22.3 Å². The van der Waals surface area contributed by atoms with Gasteiger partial charge in [0.2, 0.25) is 0 Å². The number of rotatable bonds is 4. The number of hydrogen-bond acceptors (Lipinski definition) is 1. The summed E-state index contributed by atoms with van der Waals surface area (Å²) >= 11 is 6.03. The zero-order chi connectivity index (χ0) is 13.8. The van der Waals surface area contributed by atoms with Gasteiger partial charge in [-0.3, -0.25) is 0 Å². The summed E-state index contributed by atoms with van der Waals surface area (Å²) in [6.45, 7) is 7.37. The topological polar surface area (TPSA) is 12.0 Å². The van der Waals surface area contributed by atoms with Crippen LogP contribution in [0.4, 0.5) is 0 Å². The van der Waals surface area contributed by atoms with Crippen molar-refractivity contribution in [3.05, 3.63) is 69.7 Å². The van der Waals surface area contributed by atoms with E-state index in [0.29, 0.717) is 0 Å². The monoisotopic (exact) mass is 273 g/mol. The van der Waals surface area contributed by atoms with Gasteiger partial charge < -0.3 is 5.32 Å². The van der Waals surface area contributed by atoms with Crippen molar-refractivity contribution in [1.82, 2.24) is 5.32 Å². The van der Waals surface area contributed by atoms with Crippen LogP contribution in [0.5, 0.6) is 0 Å². The van der Waals surface area contributed by atoms with Gasteiger partial charge in [0.1, 0.15) is 0 Å². The Morgan fingerprint density at radius 3 is 2.32 bits per heavy atom. The van der Waals surface area contributed by atoms with Crippen LogP contribution in [0.1, 0.15) is 35.2 Å². The highest BCUT2D eigenvalue weighted by atomic mass is 35.5. The third-order valence-electron chi connectivity index (χ3n) is 3.58. The van der Waals surface area contributed by atoms with Crippen LogP contribution in [0.3, 0.4) is 0 Å². The number of benzene rings is 2. The summed E-state index contributed by atoms with van der Waals surface area (Å²) < 4.78 is 0. The summed E-state index contributed by atoms with van der Waals surface area (Å²) in [4.78, 5) is 0. The molecule has 0 aromatic heterocycles. The summed E-state index contributed by atoms with van der Waals surface area (Å²) in [6.07, 6.45) is 0. The van der Waals surface area contributed by atoms with Gasteiger partial charge in [-0.2, -0.15) is 0 Å². The molecule has 0 saturated heterocycles. The largest absolute Gasteiger partial charge is 0.306 e. The van der Waals surface area contributed by atoms with Crippen LogP contribution in [-0.2, 0) is 6.54 Å². The fraction of sp³-hybridized carbons (Fsp3) is 0.294. The maximum atomic E-state index is 6.03. The lowest BCUT2D eigenvalue weighted by Gasteiger charge is -2.17. The van der Waals surface area contributed by atoms with E-state index >= 15 is 0 Å². The second-order valence-electron chi connectivity index (χ2n) is 5.03. The van der Waals surface area contributed by atoms with Crippen LogP contribution in [0.2, 0.25) is 5.02 Å². The fourth-order valence-electron chi connectivity index (χ4n) is 2.28. The lowest BCUT2D eigenvalue weighted by Crippen LogP contribution is -2.19. The summed E-state index contributed by atoms with van der Waals surface area (Å²) in [5, 5.41) is 4.36. The molecule has 0 fully saturated rings. The van der Waals surface area contributed by atoms with Gasteiger partial charge in [-0.05, 0) is 55.2 Å². The third kappa shape index (κ3) is 3.59. The first kappa shape index (κ1) is 14.1. The molecule has 0 heterocycles. The van der Waals surface area contributed by atoms with Crippen molar-refractivity contribution in [2.24, 2.45) is 0 Å². The van der Waals surface area contributed by atoms with E-state index in [1.54, 1.807) is 0 Å². The smallest absolute Gasteiger partial charge is 0.0409 e. The van der Waals surface area contributed by atoms with E-state index in [-0.39, 0.29) is 6.04 Å². The first-order valence-corrected chi connectivity index (χ1v) is 6.99. The van der Waals surface area contributed by atoms with Gasteiger partial charge in [0, 0.05) is 17.6 Å². The van der Waals surface area contributed by atoms with Crippen LogP contribution >= 0.6 is 11.6 Å². The first-order chi connectivity index (χ1) is 9.08. The molecule has 2 aromatic rings. The van der Waals surface area contributed by atoms with Crippen LogP contribution in [0.15, 0.2) is 42.5 Å². The lowest BCUT2D eigenvalue weighted by atomic mass is 10.0. The predicted octanol–water partition coefficient (Wildman–Crippen LogP) is 4.81. The van der Waals surface area contributed by atoms with Crippen LogP contribution in [-0.4, -0.2) is 0 Å². The predicted molar refractivity (Wildman–Crippen MR) is 82.6 cm³/mol. The Kier molecular flexibility index (Phi) is 4.62. The average Bonchev–Trinajstić information content (AvgIpc) is 2.38. The van der Waals surface area contributed by atoms with Gasteiger partial charge >= 0.3 is 0 Å².